The Morgan fingerprint density at radius 2 is 2.19 bits per heavy atom. The molecule has 112 valence electrons. The van der Waals surface area contributed by atoms with E-state index < -0.39 is 0 Å². The van der Waals surface area contributed by atoms with Crippen LogP contribution in [0.15, 0.2) is 18.2 Å². The van der Waals surface area contributed by atoms with Gasteiger partial charge in [-0.05, 0) is 62.4 Å². The Balaban J connectivity index is 1.66. The van der Waals surface area contributed by atoms with Crippen LogP contribution in [0.1, 0.15) is 36.8 Å². The number of nitrogens with one attached hydrogen (secondary N) is 1. The van der Waals surface area contributed by atoms with E-state index in [-0.39, 0.29) is 0 Å². The van der Waals surface area contributed by atoms with Crippen molar-refractivity contribution in [2.24, 2.45) is 5.92 Å². The van der Waals surface area contributed by atoms with Gasteiger partial charge in [-0.1, -0.05) is 17.7 Å². The first-order valence-electron chi connectivity index (χ1n) is 7.89. The maximum absolute atomic E-state index is 8.92. The van der Waals surface area contributed by atoms with E-state index in [0.717, 1.165) is 42.2 Å². The van der Waals surface area contributed by atoms with Gasteiger partial charge in [0, 0.05) is 24.2 Å². The second-order valence-electron chi connectivity index (χ2n) is 6.29. The van der Waals surface area contributed by atoms with Crippen LogP contribution in [0.2, 0.25) is 5.02 Å². The van der Waals surface area contributed by atoms with E-state index >= 15 is 0 Å². The van der Waals surface area contributed by atoms with Gasteiger partial charge in [-0.25, -0.2) is 0 Å². The number of rotatable bonds is 5. The average Bonchev–Trinajstić information content (AvgIpc) is 3.34. The predicted molar refractivity (Wildman–Crippen MR) is 85.2 cm³/mol. The van der Waals surface area contributed by atoms with Gasteiger partial charge in [0.1, 0.15) is 0 Å². The Kier molecular flexibility index (Phi) is 4.80. The van der Waals surface area contributed by atoms with E-state index in [1.807, 2.05) is 12.1 Å². The topological polar surface area (TPSA) is 39.1 Å². The van der Waals surface area contributed by atoms with Crippen LogP contribution in [0.25, 0.3) is 0 Å². The lowest BCUT2D eigenvalue weighted by atomic mass is 9.98. The highest BCUT2D eigenvalue weighted by molar-refractivity contribution is 6.31. The van der Waals surface area contributed by atoms with E-state index in [4.69, 9.17) is 16.9 Å². The molecule has 2 aliphatic rings. The molecule has 0 bridgehead atoms. The molecule has 1 N–H and O–H groups in total. The maximum atomic E-state index is 8.92. The highest BCUT2D eigenvalue weighted by Crippen LogP contribution is 2.31. The molecule has 1 saturated carbocycles. The Bertz CT molecular complexity index is 527. The molecule has 4 heteroatoms. The normalized spacial score (nSPS) is 22.2. The molecule has 0 amide bonds. The quantitative estimate of drug-likeness (QED) is 0.908. The summed E-state index contributed by atoms with van der Waals surface area (Å²) >= 11 is 6.33. The van der Waals surface area contributed by atoms with Crippen LogP contribution in [0.4, 0.5) is 0 Å². The third-order valence-corrected chi connectivity index (χ3v) is 4.86. The summed E-state index contributed by atoms with van der Waals surface area (Å²) in [6.07, 6.45) is 5.25. The van der Waals surface area contributed by atoms with Crippen LogP contribution in [-0.2, 0) is 6.54 Å². The third kappa shape index (κ3) is 3.97. The molecular weight excluding hydrogens is 282 g/mol. The lowest BCUT2D eigenvalue weighted by Crippen LogP contribution is -2.39. The summed E-state index contributed by atoms with van der Waals surface area (Å²) in [6, 6.07) is 8.54. The summed E-state index contributed by atoms with van der Waals surface area (Å²) in [6.45, 7) is 4.38. The lowest BCUT2D eigenvalue weighted by Gasteiger charge is -2.30. The number of nitriles is 1. The molecule has 1 atom stereocenters. The van der Waals surface area contributed by atoms with Crippen LogP contribution in [0.5, 0.6) is 0 Å². The van der Waals surface area contributed by atoms with Gasteiger partial charge in [0.15, 0.2) is 0 Å². The summed E-state index contributed by atoms with van der Waals surface area (Å²) < 4.78 is 0. The lowest BCUT2D eigenvalue weighted by molar-refractivity contribution is 0.193. The van der Waals surface area contributed by atoms with Crippen molar-refractivity contribution in [3.05, 3.63) is 34.3 Å². The van der Waals surface area contributed by atoms with Gasteiger partial charge in [-0.15, -0.1) is 0 Å². The van der Waals surface area contributed by atoms with Crippen molar-refractivity contribution in [3.63, 3.8) is 0 Å². The number of hydrogen-bond acceptors (Lipinski definition) is 3. The van der Waals surface area contributed by atoms with Gasteiger partial charge in [-0.2, -0.15) is 5.26 Å². The third-order valence-electron chi connectivity index (χ3n) is 4.51. The molecule has 0 aromatic heterocycles. The molecule has 0 radical (unpaired) electrons. The molecular formula is C17H22ClN3. The smallest absolute Gasteiger partial charge is 0.0992 e. The van der Waals surface area contributed by atoms with E-state index in [2.05, 4.69) is 16.3 Å². The van der Waals surface area contributed by atoms with Gasteiger partial charge in [0.05, 0.1) is 11.6 Å². The summed E-state index contributed by atoms with van der Waals surface area (Å²) in [5, 5.41) is 13.1. The molecule has 1 aromatic carbocycles. The molecule has 1 aliphatic heterocycles. The first kappa shape index (κ1) is 14.8. The van der Waals surface area contributed by atoms with Gasteiger partial charge >= 0.3 is 0 Å². The Morgan fingerprint density at radius 1 is 1.33 bits per heavy atom. The van der Waals surface area contributed by atoms with E-state index in [1.165, 1.54) is 32.2 Å². The molecule has 1 aliphatic carbocycles. The standard InChI is InChI=1S/C17H22ClN3/c18-17-8-13(9-19)3-4-15(17)12-21(16-5-6-16)11-14-2-1-7-20-10-14/h3-4,8,14,16,20H,1-2,5-7,10-12H2. The number of hydrogen-bond donors (Lipinski definition) is 1. The first-order valence-corrected chi connectivity index (χ1v) is 8.27. The zero-order valence-electron chi connectivity index (χ0n) is 12.3. The molecule has 21 heavy (non-hydrogen) atoms. The van der Waals surface area contributed by atoms with E-state index in [0.29, 0.717) is 5.56 Å². The summed E-state index contributed by atoms with van der Waals surface area (Å²) in [5.41, 5.74) is 1.78. The molecule has 2 fully saturated rings. The van der Waals surface area contributed by atoms with Crippen molar-refractivity contribution in [3.8, 4) is 6.07 Å². The largest absolute Gasteiger partial charge is 0.316 e. The minimum atomic E-state index is 0.637. The van der Waals surface area contributed by atoms with Gasteiger partial charge in [0.2, 0.25) is 0 Å². The molecule has 0 spiro atoms. The Morgan fingerprint density at radius 3 is 2.81 bits per heavy atom. The van der Waals surface area contributed by atoms with Crippen molar-refractivity contribution < 1.29 is 0 Å². The molecule has 1 unspecified atom stereocenters. The van der Waals surface area contributed by atoms with Crippen molar-refractivity contribution >= 4 is 11.6 Å². The molecule has 1 heterocycles. The SMILES string of the molecule is N#Cc1ccc(CN(CC2CCCNC2)C2CC2)c(Cl)c1. The molecule has 1 aromatic rings. The van der Waals surface area contributed by atoms with Gasteiger partial charge < -0.3 is 5.32 Å². The van der Waals surface area contributed by atoms with Crippen LogP contribution in [0, 0.1) is 17.2 Å². The van der Waals surface area contributed by atoms with Crippen molar-refractivity contribution in [2.45, 2.75) is 38.3 Å². The minimum absolute atomic E-state index is 0.637. The van der Waals surface area contributed by atoms with Crippen LogP contribution in [-0.4, -0.2) is 30.6 Å². The van der Waals surface area contributed by atoms with Gasteiger partial charge in [0.25, 0.3) is 0 Å². The fraction of sp³-hybridized carbons (Fsp3) is 0.588. The first-order chi connectivity index (χ1) is 10.3. The van der Waals surface area contributed by atoms with E-state index in [9.17, 15) is 0 Å². The number of benzene rings is 1. The number of halogens is 1. The fourth-order valence-electron chi connectivity index (χ4n) is 3.16. The van der Waals surface area contributed by atoms with Crippen molar-refractivity contribution in [1.29, 1.82) is 5.26 Å². The second kappa shape index (κ2) is 6.79. The van der Waals surface area contributed by atoms with Crippen molar-refractivity contribution in [1.82, 2.24) is 10.2 Å². The van der Waals surface area contributed by atoms with Crippen LogP contribution < -0.4 is 5.32 Å². The van der Waals surface area contributed by atoms with Crippen molar-refractivity contribution in [2.75, 3.05) is 19.6 Å². The van der Waals surface area contributed by atoms with Crippen LogP contribution >= 0.6 is 11.6 Å². The zero-order chi connectivity index (χ0) is 14.7. The molecule has 3 rings (SSSR count). The summed E-state index contributed by atoms with van der Waals surface area (Å²) in [7, 11) is 0. The summed E-state index contributed by atoms with van der Waals surface area (Å²) in [5.74, 6) is 0.761. The second-order valence-corrected chi connectivity index (χ2v) is 6.70. The highest BCUT2D eigenvalue weighted by Gasteiger charge is 2.31. The average molecular weight is 304 g/mol. The summed E-state index contributed by atoms with van der Waals surface area (Å²) in [4.78, 5) is 2.59. The zero-order valence-corrected chi connectivity index (χ0v) is 13.1. The Labute approximate surface area is 131 Å². The number of nitrogens with zero attached hydrogens (tertiary/aromatic N) is 2. The maximum Gasteiger partial charge on any atom is 0.0992 e. The highest BCUT2D eigenvalue weighted by atomic mass is 35.5. The molecule has 1 saturated heterocycles. The fourth-order valence-corrected chi connectivity index (χ4v) is 3.40. The monoisotopic (exact) mass is 303 g/mol. The van der Waals surface area contributed by atoms with Crippen LogP contribution in [0.3, 0.4) is 0 Å². The van der Waals surface area contributed by atoms with Gasteiger partial charge in [-0.3, -0.25) is 4.90 Å². The minimum Gasteiger partial charge on any atom is -0.316 e. The Hall–Kier alpha value is -1.08. The van der Waals surface area contributed by atoms with E-state index in [1.54, 1.807) is 6.07 Å². The molecule has 3 nitrogen and oxygen atoms in total. The predicted octanol–water partition coefficient (Wildman–Crippen LogP) is 3.18. The number of piperidine rings is 1.